The fraction of sp³-hybridized carbons (Fsp3) is 0.125. The van der Waals surface area contributed by atoms with Gasteiger partial charge in [-0.15, -0.1) is 0 Å². The number of aromatic nitrogens is 3. The molecule has 0 fully saturated rings. The van der Waals surface area contributed by atoms with Gasteiger partial charge in [0.05, 0.1) is 28.2 Å². The van der Waals surface area contributed by atoms with Crippen molar-refractivity contribution in [2.75, 3.05) is 5.32 Å². The Morgan fingerprint density at radius 1 is 1.06 bits per heavy atom. The minimum Gasteiger partial charge on any atom is -0.434 e. The molecule has 0 saturated heterocycles. The second-order valence-electron chi connectivity index (χ2n) is 7.38. The third-order valence-corrected chi connectivity index (χ3v) is 4.98. The molecule has 0 aliphatic rings. The van der Waals surface area contributed by atoms with E-state index in [1.807, 2.05) is 0 Å². The molecule has 0 bridgehead atoms. The maximum absolute atomic E-state index is 13.0. The molecule has 0 radical (unpaired) electrons. The van der Waals surface area contributed by atoms with Gasteiger partial charge in [0.1, 0.15) is 5.75 Å². The van der Waals surface area contributed by atoms with Crippen molar-refractivity contribution in [3.63, 3.8) is 0 Å². The molecule has 1 N–H and O–H groups in total. The lowest BCUT2D eigenvalue weighted by Gasteiger charge is -2.12. The number of nitrogens with zero attached hydrogens (tertiary/aromatic N) is 3. The summed E-state index contributed by atoms with van der Waals surface area (Å²) < 4.78 is 70.6. The molecule has 180 valence electrons. The van der Waals surface area contributed by atoms with Gasteiger partial charge in [0, 0.05) is 23.6 Å². The van der Waals surface area contributed by atoms with Gasteiger partial charge in [0.25, 0.3) is 5.91 Å². The van der Waals surface area contributed by atoms with Crippen LogP contribution in [0.3, 0.4) is 0 Å². The Kier molecular flexibility index (Phi) is 6.50. The summed E-state index contributed by atoms with van der Waals surface area (Å²) >= 11 is 0. The second-order valence-corrected chi connectivity index (χ2v) is 7.38. The molecule has 1 amide bonds. The van der Waals surface area contributed by atoms with E-state index in [-0.39, 0.29) is 22.6 Å². The summed E-state index contributed by atoms with van der Waals surface area (Å²) in [5.41, 5.74) is 0.603. The quantitative estimate of drug-likeness (QED) is 0.332. The van der Waals surface area contributed by atoms with E-state index in [0.717, 1.165) is 12.1 Å². The van der Waals surface area contributed by atoms with Gasteiger partial charge in [-0.05, 0) is 55.5 Å². The molecule has 35 heavy (non-hydrogen) atoms. The van der Waals surface area contributed by atoms with Crippen molar-refractivity contribution in [2.24, 2.45) is 0 Å². The van der Waals surface area contributed by atoms with Gasteiger partial charge in [-0.3, -0.25) is 9.78 Å². The van der Waals surface area contributed by atoms with E-state index in [1.165, 1.54) is 47.4 Å². The van der Waals surface area contributed by atoms with Crippen LogP contribution < -0.4 is 10.1 Å². The van der Waals surface area contributed by atoms with Gasteiger partial charge in [-0.2, -0.15) is 27.1 Å². The van der Waals surface area contributed by atoms with Gasteiger partial charge in [0.15, 0.2) is 0 Å². The van der Waals surface area contributed by atoms with E-state index in [1.54, 1.807) is 25.1 Å². The molecule has 0 unspecified atom stereocenters. The summed E-state index contributed by atoms with van der Waals surface area (Å²) in [6.45, 7) is -1.48. The smallest absolute Gasteiger partial charge is 0.416 e. The van der Waals surface area contributed by atoms with Crippen LogP contribution in [0, 0.1) is 6.92 Å². The standard InChI is InChI=1S/C24H17F5N4O2/c1-14-19(22(34)31-16-6-4-5-15(11-16)24(27,28)29)13-33(32-14)17-8-9-21(35-23(25)26)18(12-17)20-7-2-3-10-30-20/h2-13,23H,1H3,(H,31,34). The Hall–Kier alpha value is -4.28. The summed E-state index contributed by atoms with van der Waals surface area (Å²) in [5.74, 6) is -0.746. The van der Waals surface area contributed by atoms with Crippen LogP contribution in [-0.4, -0.2) is 27.3 Å². The summed E-state index contributed by atoms with van der Waals surface area (Å²) in [7, 11) is 0. The second kappa shape index (κ2) is 9.53. The summed E-state index contributed by atoms with van der Waals surface area (Å²) in [5, 5.41) is 6.73. The van der Waals surface area contributed by atoms with Crippen molar-refractivity contribution in [1.82, 2.24) is 14.8 Å². The van der Waals surface area contributed by atoms with Crippen molar-refractivity contribution in [3.8, 4) is 22.7 Å². The van der Waals surface area contributed by atoms with E-state index in [2.05, 4.69) is 20.1 Å². The number of hydrogen-bond donors (Lipinski definition) is 1. The molecule has 2 aromatic heterocycles. The number of benzene rings is 2. The van der Waals surface area contributed by atoms with Crippen LogP contribution in [0.5, 0.6) is 5.75 Å². The van der Waals surface area contributed by atoms with Crippen LogP contribution in [0.4, 0.5) is 27.6 Å². The maximum atomic E-state index is 13.0. The number of ether oxygens (including phenoxy) is 1. The number of carbonyl (C=O) groups is 1. The monoisotopic (exact) mass is 488 g/mol. The van der Waals surface area contributed by atoms with Crippen molar-refractivity contribution in [2.45, 2.75) is 19.7 Å². The number of carbonyl (C=O) groups excluding carboxylic acids is 1. The van der Waals surface area contributed by atoms with Crippen LogP contribution in [-0.2, 0) is 6.18 Å². The number of halogens is 5. The predicted octanol–water partition coefficient (Wildman–Crippen LogP) is 6.12. The van der Waals surface area contributed by atoms with E-state index in [4.69, 9.17) is 0 Å². The molecular formula is C24H17F5N4O2. The normalized spacial score (nSPS) is 11.5. The molecular weight excluding hydrogens is 471 g/mol. The molecule has 2 heterocycles. The average Bonchev–Trinajstić information content (AvgIpc) is 3.21. The summed E-state index contributed by atoms with van der Waals surface area (Å²) in [6, 6.07) is 13.6. The fourth-order valence-corrected chi connectivity index (χ4v) is 3.37. The molecule has 0 aliphatic carbocycles. The number of alkyl halides is 5. The lowest BCUT2D eigenvalue weighted by Crippen LogP contribution is -2.13. The molecule has 2 aromatic carbocycles. The molecule has 0 aliphatic heterocycles. The van der Waals surface area contributed by atoms with Gasteiger partial charge >= 0.3 is 12.8 Å². The fourth-order valence-electron chi connectivity index (χ4n) is 3.37. The number of aryl methyl sites for hydroxylation is 1. The molecule has 11 heteroatoms. The van der Waals surface area contributed by atoms with E-state index in [9.17, 15) is 26.7 Å². The van der Waals surface area contributed by atoms with E-state index >= 15 is 0 Å². The molecule has 4 rings (SSSR count). The highest BCUT2D eigenvalue weighted by Gasteiger charge is 2.30. The van der Waals surface area contributed by atoms with Crippen LogP contribution in [0.25, 0.3) is 16.9 Å². The first-order valence-electron chi connectivity index (χ1n) is 10.2. The van der Waals surface area contributed by atoms with Crippen LogP contribution in [0.2, 0.25) is 0 Å². The zero-order valence-corrected chi connectivity index (χ0v) is 18.1. The highest BCUT2D eigenvalue weighted by molar-refractivity contribution is 6.05. The molecule has 6 nitrogen and oxygen atoms in total. The number of rotatable bonds is 6. The average molecular weight is 488 g/mol. The highest BCUT2D eigenvalue weighted by Crippen LogP contribution is 2.33. The van der Waals surface area contributed by atoms with E-state index in [0.29, 0.717) is 17.1 Å². The van der Waals surface area contributed by atoms with Crippen molar-refractivity contribution in [1.29, 1.82) is 0 Å². The van der Waals surface area contributed by atoms with Crippen LogP contribution in [0.15, 0.2) is 73.1 Å². The minimum atomic E-state index is -4.55. The van der Waals surface area contributed by atoms with Gasteiger partial charge in [-0.25, -0.2) is 4.68 Å². The largest absolute Gasteiger partial charge is 0.434 e. The molecule has 0 saturated carbocycles. The Morgan fingerprint density at radius 2 is 1.86 bits per heavy atom. The van der Waals surface area contributed by atoms with Gasteiger partial charge < -0.3 is 10.1 Å². The SMILES string of the molecule is Cc1nn(-c2ccc(OC(F)F)c(-c3ccccn3)c2)cc1C(=O)Nc1cccc(C(F)(F)F)c1. The van der Waals surface area contributed by atoms with Crippen molar-refractivity contribution < 1.29 is 31.5 Å². The Labute approximate surface area is 196 Å². The Morgan fingerprint density at radius 3 is 2.54 bits per heavy atom. The maximum Gasteiger partial charge on any atom is 0.416 e. The first kappa shape index (κ1) is 23.9. The lowest BCUT2D eigenvalue weighted by molar-refractivity contribution is -0.137. The topological polar surface area (TPSA) is 69.0 Å². The lowest BCUT2D eigenvalue weighted by atomic mass is 10.1. The number of pyridine rings is 1. The van der Waals surface area contributed by atoms with Crippen LogP contribution >= 0.6 is 0 Å². The predicted molar refractivity (Wildman–Crippen MR) is 118 cm³/mol. The van der Waals surface area contributed by atoms with Gasteiger partial charge in [0.2, 0.25) is 0 Å². The molecule has 0 spiro atoms. The zero-order valence-electron chi connectivity index (χ0n) is 18.1. The number of anilines is 1. The third kappa shape index (κ3) is 5.45. The molecule has 4 aromatic rings. The van der Waals surface area contributed by atoms with Crippen molar-refractivity contribution in [3.05, 3.63) is 89.9 Å². The summed E-state index contributed by atoms with van der Waals surface area (Å²) in [6.07, 6.45) is -1.65. The number of amides is 1. The minimum absolute atomic E-state index is 0.0251. The van der Waals surface area contributed by atoms with E-state index < -0.39 is 24.3 Å². The Balaban J connectivity index is 1.65. The first-order valence-corrected chi connectivity index (χ1v) is 10.2. The van der Waals surface area contributed by atoms with Gasteiger partial charge in [-0.1, -0.05) is 12.1 Å². The zero-order chi connectivity index (χ0) is 25.2. The van der Waals surface area contributed by atoms with Crippen molar-refractivity contribution >= 4 is 11.6 Å². The van der Waals surface area contributed by atoms with Crippen LogP contribution in [0.1, 0.15) is 21.6 Å². The highest BCUT2D eigenvalue weighted by atomic mass is 19.4. The first-order chi connectivity index (χ1) is 16.6. The Bertz CT molecular complexity index is 1350. The number of nitrogens with one attached hydrogen (secondary N) is 1. The third-order valence-electron chi connectivity index (χ3n) is 4.98. The molecule has 0 atom stereocenters. The summed E-state index contributed by atoms with van der Waals surface area (Å²) in [4.78, 5) is 16.9. The number of hydrogen-bond acceptors (Lipinski definition) is 4.